The lowest BCUT2D eigenvalue weighted by molar-refractivity contribution is -0.141. The zero-order valence-corrected chi connectivity index (χ0v) is 10.8. The van der Waals surface area contributed by atoms with E-state index in [0.29, 0.717) is 5.01 Å². The molecular weight excluding hydrogens is 281 g/mol. The van der Waals surface area contributed by atoms with E-state index in [2.05, 4.69) is 20.2 Å². The third kappa shape index (κ3) is 3.60. The Morgan fingerprint density at radius 3 is 2.53 bits per heavy atom. The van der Waals surface area contributed by atoms with Crippen LogP contribution >= 0.6 is 11.3 Å². The maximum atomic E-state index is 12.5. The van der Waals surface area contributed by atoms with Gasteiger partial charge in [-0.1, -0.05) is 11.3 Å². The van der Waals surface area contributed by atoms with E-state index in [0.717, 1.165) is 11.1 Å². The van der Waals surface area contributed by atoms with Crippen LogP contribution in [0.4, 0.5) is 13.2 Å². The minimum atomic E-state index is -4.52. The van der Waals surface area contributed by atoms with E-state index < -0.39 is 11.9 Å². The summed E-state index contributed by atoms with van der Waals surface area (Å²) in [5.74, 6) is 0. The highest BCUT2D eigenvalue weighted by molar-refractivity contribution is 7.11. The Bertz CT molecular complexity index is 584. The van der Waals surface area contributed by atoms with Gasteiger partial charge < -0.3 is 4.74 Å². The van der Waals surface area contributed by atoms with Crippen molar-refractivity contribution in [3.05, 3.63) is 27.5 Å². The predicted octanol–water partition coefficient (Wildman–Crippen LogP) is 2.54. The van der Waals surface area contributed by atoms with Crippen molar-refractivity contribution >= 4 is 11.3 Å². The van der Waals surface area contributed by atoms with Crippen LogP contribution < -0.4 is 4.74 Å². The summed E-state index contributed by atoms with van der Waals surface area (Å²) in [6, 6.07) is 0.544. The van der Waals surface area contributed by atoms with Crippen molar-refractivity contribution < 1.29 is 17.9 Å². The summed E-state index contributed by atoms with van der Waals surface area (Å²) in [5.41, 5.74) is -0.839. The molecule has 0 amide bonds. The van der Waals surface area contributed by atoms with Crippen molar-refractivity contribution in [2.45, 2.75) is 26.6 Å². The number of ether oxygens (including phenoxy) is 1. The van der Waals surface area contributed by atoms with E-state index in [-0.39, 0.29) is 18.3 Å². The van der Waals surface area contributed by atoms with Crippen LogP contribution in [0.25, 0.3) is 0 Å². The van der Waals surface area contributed by atoms with Gasteiger partial charge in [0.15, 0.2) is 10.7 Å². The van der Waals surface area contributed by atoms with Gasteiger partial charge in [-0.05, 0) is 19.9 Å². The largest absolute Gasteiger partial charge is 0.456 e. The molecule has 0 aliphatic rings. The van der Waals surface area contributed by atoms with Gasteiger partial charge in [0.2, 0.25) is 0 Å². The number of rotatable bonds is 3. The second-order valence-electron chi connectivity index (χ2n) is 3.68. The molecule has 0 aliphatic carbocycles. The molecule has 0 radical (unpaired) electrons. The molecule has 19 heavy (non-hydrogen) atoms. The van der Waals surface area contributed by atoms with E-state index in [1.807, 2.05) is 0 Å². The number of aryl methyl sites for hydroxylation is 2. The fourth-order valence-corrected chi connectivity index (χ4v) is 1.90. The molecule has 0 unspecified atom stereocenters. The van der Waals surface area contributed by atoms with Gasteiger partial charge in [-0.25, -0.2) is 4.98 Å². The fraction of sp³-hybridized carbons (Fsp3) is 0.400. The Morgan fingerprint density at radius 1 is 1.21 bits per heavy atom. The first-order chi connectivity index (χ1) is 8.84. The van der Waals surface area contributed by atoms with Crippen molar-refractivity contribution in [1.29, 1.82) is 0 Å². The van der Waals surface area contributed by atoms with Gasteiger partial charge in [0.05, 0.1) is 0 Å². The van der Waals surface area contributed by atoms with Crippen LogP contribution in [0, 0.1) is 13.8 Å². The smallest absolute Gasteiger partial charge is 0.433 e. The molecule has 0 spiro atoms. The Kier molecular flexibility index (Phi) is 3.65. The van der Waals surface area contributed by atoms with Crippen LogP contribution in [-0.2, 0) is 12.8 Å². The number of aromatic nitrogens is 4. The first-order valence-electron chi connectivity index (χ1n) is 5.19. The Hall–Kier alpha value is -1.77. The minimum Gasteiger partial charge on any atom is -0.456 e. The molecule has 5 nitrogen and oxygen atoms in total. The topological polar surface area (TPSA) is 60.8 Å². The third-order valence-electron chi connectivity index (χ3n) is 2.02. The summed E-state index contributed by atoms with van der Waals surface area (Å²) in [6.45, 7) is 3.21. The predicted molar refractivity (Wildman–Crippen MR) is 60.7 cm³/mol. The van der Waals surface area contributed by atoms with Gasteiger partial charge in [0, 0.05) is 5.69 Å². The molecule has 0 fully saturated rings. The fourth-order valence-electron chi connectivity index (χ4n) is 1.27. The van der Waals surface area contributed by atoms with Gasteiger partial charge in [-0.15, -0.1) is 10.2 Å². The van der Waals surface area contributed by atoms with Crippen LogP contribution in [0.1, 0.15) is 21.4 Å². The highest BCUT2D eigenvalue weighted by atomic mass is 32.1. The van der Waals surface area contributed by atoms with Crippen LogP contribution in [0.3, 0.4) is 0 Å². The maximum absolute atomic E-state index is 12.5. The Balaban J connectivity index is 2.14. The quantitative estimate of drug-likeness (QED) is 0.869. The van der Waals surface area contributed by atoms with Crippen molar-refractivity contribution in [2.75, 3.05) is 0 Å². The number of halogens is 3. The second kappa shape index (κ2) is 5.08. The van der Waals surface area contributed by atoms with E-state index in [1.54, 1.807) is 6.92 Å². The molecule has 0 saturated heterocycles. The lowest BCUT2D eigenvalue weighted by Crippen LogP contribution is -2.11. The highest BCUT2D eigenvalue weighted by Gasteiger charge is 2.33. The molecule has 0 N–H and O–H groups in total. The SMILES string of the molecule is Cc1cc(C(F)(F)F)nc(OCc2nnc(C)s2)n1. The summed E-state index contributed by atoms with van der Waals surface area (Å²) < 4.78 is 42.8. The van der Waals surface area contributed by atoms with Crippen LogP contribution in [-0.4, -0.2) is 20.2 Å². The Morgan fingerprint density at radius 2 is 1.95 bits per heavy atom. The number of hydrogen-bond donors (Lipinski definition) is 0. The van der Waals surface area contributed by atoms with Crippen molar-refractivity contribution in [3.63, 3.8) is 0 Å². The lowest BCUT2D eigenvalue weighted by atomic mass is 10.3. The minimum absolute atomic E-state index is 0.00768. The van der Waals surface area contributed by atoms with E-state index in [9.17, 15) is 13.2 Å². The molecule has 2 rings (SSSR count). The van der Waals surface area contributed by atoms with Gasteiger partial charge in [0.1, 0.15) is 11.6 Å². The van der Waals surface area contributed by atoms with Gasteiger partial charge >= 0.3 is 12.2 Å². The van der Waals surface area contributed by atoms with Crippen molar-refractivity contribution in [1.82, 2.24) is 20.2 Å². The van der Waals surface area contributed by atoms with Crippen LogP contribution in [0.5, 0.6) is 6.01 Å². The summed E-state index contributed by atoms with van der Waals surface area (Å²) in [5, 5.41) is 8.86. The van der Waals surface area contributed by atoms with E-state index in [1.165, 1.54) is 18.3 Å². The first kappa shape index (κ1) is 13.7. The normalized spacial score (nSPS) is 11.6. The molecule has 102 valence electrons. The third-order valence-corrected chi connectivity index (χ3v) is 2.83. The zero-order chi connectivity index (χ0) is 14.0. The summed E-state index contributed by atoms with van der Waals surface area (Å²) >= 11 is 1.30. The molecule has 2 heterocycles. The van der Waals surface area contributed by atoms with Gasteiger partial charge in [0.25, 0.3) is 0 Å². The Labute approximate surface area is 110 Å². The molecular formula is C10H9F3N4OS. The monoisotopic (exact) mass is 290 g/mol. The van der Waals surface area contributed by atoms with Crippen LogP contribution in [0.2, 0.25) is 0 Å². The molecule has 2 aromatic heterocycles. The second-order valence-corrected chi connectivity index (χ2v) is 4.94. The summed E-state index contributed by atoms with van der Waals surface area (Å²) in [7, 11) is 0. The molecule has 9 heteroatoms. The molecule has 0 saturated carbocycles. The highest BCUT2D eigenvalue weighted by Crippen LogP contribution is 2.28. The van der Waals surface area contributed by atoms with Crippen LogP contribution in [0.15, 0.2) is 6.07 Å². The molecule has 0 bridgehead atoms. The molecule has 0 aliphatic heterocycles. The molecule has 2 aromatic rings. The summed E-state index contributed by atoms with van der Waals surface area (Å²) in [4.78, 5) is 7.12. The van der Waals surface area contributed by atoms with Crippen molar-refractivity contribution in [3.8, 4) is 6.01 Å². The van der Waals surface area contributed by atoms with E-state index >= 15 is 0 Å². The average molecular weight is 290 g/mol. The van der Waals surface area contributed by atoms with E-state index in [4.69, 9.17) is 4.74 Å². The number of alkyl halides is 3. The molecule has 0 aromatic carbocycles. The average Bonchev–Trinajstić information content (AvgIpc) is 2.71. The summed E-state index contributed by atoms with van der Waals surface area (Å²) in [6.07, 6.45) is -4.52. The number of nitrogens with zero attached hydrogens (tertiary/aromatic N) is 4. The van der Waals surface area contributed by atoms with Gasteiger partial charge in [-0.2, -0.15) is 18.2 Å². The zero-order valence-electron chi connectivity index (χ0n) is 10.0. The standard InChI is InChI=1S/C10H9F3N4OS/c1-5-3-7(10(11,12)13)15-9(14-5)18-4-8-17-16-6(2)19-8/h3H,4H2,1-2H3. The maximum Gasteiger partial charge on any atom is 0.433 e. The van der Waals surface area contributed by atoms with Crippen molar-refractivity contribution in [2.24, 2.45) is 0 Å². The first-order valence-corrected chi connectivity index (χ1v) is 6.01. The van der Waals surface area contributed by atoms with Gasteiger partial charge in [-0.3, -0.25) is 0 Å². The number of hydrogen-bond acceptors (Lipinski definition) is 6. The lowest BCUT2D eigenvalue weighted by Gasteiger charge is -2.08. The molecule has 0 atom stereocenters.